The lowest BCUT2D eigenvalue weighted by molar-refractivity contribution is -0.121. The van der Waals surface area contributed by atoms with Crippen LogP contribution in [0.5, 0.6) is 11.5 Å². The second kappa shape index (κ2) is 10.2. The molecule has 2 aliphatic heterocycles. The molecule has 1 spiro atoms. The van der Waals surface area contributed by atoms with Crippen molar-refractivity contribution in [2.24, 2.45) is 5.92 Å². The third-order valence-corrected chi connectivity index (χ3v) is 8.99. The van der Waals surface area contributed by atoms with E-state index in [0.29, 0.717) is 68.1 Å². The lowest BCUT2D eigenvalue weighted by Gasteiger charge is -2.45. The molecule has 11 heteroatoms. The van der Waals surface area contributed by atoms with Gasteiger partial charge in [-0.1, -0.05) is 5.16 Å². The number of aromatic nitrogens is 3. The van der Waals surface area contributed by atoms with Gasteiger partial charge in [-0.3, -0.25) is 4.98 Å². The predicted octanol–water partition coefficient (Wildman–Crippen LogP) is 3.34. The van der Waals surface area contributed by atoms with Crippen molar-refractivity contribution in [1.82, 2.24) is 19.4 Å². The summed E-state index contributed by atoms with van der Waals surface area (Å²) >= 11 is 0. The van der Waals surface area contributed by atoms with E-state index in [2.05, 4.69) is 15.1 Å². The van der Waals surface area contributed by atoms with Gasteiger partial charge in [0.15, 0.2) is 0 Å². The van der Waals surface area contributed by atoms with E-state index in [1.807, 2.05) is 12.1 Å². The SMILES string of the molecule is COc1ccc(OC)c(S(=O)(=O)N2CCC3(CC2)CC(Cc2nc(-c4cccnc4)no2)CCO3)c1. The monoisotopic (exact) mass is 514 g/mol. The summed E-state index contributed by atoms with van der Waals surface area (Å²) in [5.74, 6) is 2.22. The minimum Gasteiger partial charge on any atom is -0.497 e. The average Bonchev–Trinajstić information content (AvgIpc) is 3.37. The first-order valence-electron chi connectivity index (χ1n) is 12.0. The average molecular weight is 515 g/mol. The molecule has 36 heavy (non-hydrogen) atoms. The van der Waals surface area contributed by atoms with Crippen molar-refractivity contribution < 1.29 is 27.2 Å². The normalized spacial score (nSPS) is 20.3. The van der Waals surface area contributed by atoms with Gasteiger partial charge >= 0.3 is 0 Å². The van der Waals surface area contributed by atoms with Crippen LogP contribution in [0.2, 0.25) is 0 Å². The van der Waals surface area contributed by atoms with Crippen molar-refractivity contribution >= 4 is 10.0 Å². The number of nitrogens with zero attached hydrogens (tertiary/aromatic N) is 4. The Labute approximate surface area is 210 Å². The van der Waals surface area contributed by atoms with Crippen molar-refractivity contribution in [2.45, 2.75) is 42.6 Å². The molecule has 5 rings (SSSR count). The Morgan fingerprint density at radius 2 is 2.00 bits per heavy atom. The Hall–Kier alpha value is -3.02. The maximum Gasteiger partial charge on any atom is 0.246 e. The van der Waals surface area contributed by atoms with Gasteiger partial charge in [-0.25, -0.2) is 8.42 Å². The molecule has 1 aromatic carbocycles. The van der Waals surface area contributed by atoms with E-state index in [1.165, 1.54) is 24.6 Å². The number of pyridine rings is 1. The fourth-order valence-corrected chi connectivity index (χ4v) is 6.72. The molecule has 10 nitrogen and oxygen atoms in total. The standard InChI is InChI=1S/C25H30N4O6S/c1-32-20-5-6-21(33-2)22(15-20)36(30,31)29-11-8-25(9-12-29)16-18(7-13-34-25)14-23-27-24(28-35-23)19-4-3-10-26-17-19/h3-6,10,15,17-18H,7-9,11-14,16H2,1-2H3. The minimum atomic E-state index is -3.74. The Morgan fingerprint density at radius 3 is 2.72 bits per heavy atom. The quantitative estimate of drug-likeness (QED) is 0.468. The molecular formula is C25H30N4O6S. The van der Waals surface area contributed by atoms with Crippen molar-refractivity contribution in [1.29, 1.82) is 0 Å². The Morgan fingerprint density at radius 1 is 1.17 bits per heavy atom. The summed E-state index contributed by atoms with van der Waals surface area (Å²) < 4.78 is 50.7. The number of ether oxygens (including phenoxy) is 3. The van der Waals surface area contributed by atoms with Gasteiger partial charge in [-0.2, -0.15) is 9.29 Å². The lowest BCUT2D eigenvalue weighted by Crippen LogP contribution is -2.50. The molecule has 1 unspecified atom stereocenters. The first-order chi connectivity index (χ1) is 17.4. The molecule has 0 bridgehead atoms. The van der Waals surface area contributed by atoms with Gasteiger partial charge in [0.25, 0.3) is 0 Å². The first-order valence-corrected chi connectivity index (χ1v) is 13.5. The van der Waals surface area contributed by atoms with Crippen molar-refractivity contribution in [3.8, 4) is 22.9 Å². The summed E-state index contributed by atoms with van der Waals surface area (Å²) in [6, 6.07) is 8.54. The first kappa shape index (κ1) is 24.7. The number of benzene rings is 1. The summed E-state index contributed by atoms with van der Waals surface area (Å²) in [6.07, 6.45) is 7.06. The second-order valence-corrected chi connectivity index (χ2v) is 11.2. The van der Waals surface area contributed by atoms with Gasteiger partial charge in [0, 0.05) is 50.1 Å². The molecule has 2 saturated heterocycles. The third kappa shape index (κ3) is 4.95. The molecule has 0 N–H and O–H groups in total. The van der Waals surface area contributed by atoms with Crippen LogP contribution in [0.15, 0.2) is 52.1 Å². The molecule has 0 amide bonds. The van der Waals surface area contributed by atoms with E-state index in [0.717, 1.165) is 18.4 Å². The number of methoxy groups -OCH3 is 2. The van der Waals surface area contributed by atoms with Crippen LogP contribution in [-0.4, -0.2) is 67.4 Å². The highest BCUT2D eigenvalue weighted by molar-refractivity contribution is 7.89. The molecule has 1 atom stereocenters. The summed E-state index contributed by atoms with van der Waals surface area (Å²) in [7, 11) is -0.773. The second-order valence-electron chi connectivity index (χ2n) is 9.27. The van der Waals surface area contributed by atoms with Gasteiger partial charge in [0.1, 0.15) is 16.4 Å². The Balaban J connectivity index is 1.24. The summed E-state index contributed by atoms with van der Waals surface area (Å²) in [6.45, 7) is 1.38. The summed E-state index contributed by atoms with van der Waals surface area (Å²) in [5, 5.41) is 4.10. The van der Waals surface area contributed by atoms with Crippen molar-refractivity contribution in [2.75, 3.05) is 33.9 Å². The molecule has 192 valence electrons. The van der Waals surface area contributed by atoms with Gasteiger partial charge in [-0.15, -0.1) is 0 Å². The number of hydrogen-bond acceptors (Lipinski definition) is 9. The van der Waals surface area contributed by atoms with E-state index in [1.54, 1.807) is 24.5 Å². The molecule has 0 aliphatic carbocycles. The molecular weight excluding hydrogens is 484 g/mol. The Bertz CT molecular complexity index is 1290. The maximum atomic E-state index is 13.4. The molecule has 3 aromatic rings. The van der Waals surface area contributed by atoms with Crippen LogP contribution in [0.4, 0.5) is 0 Å². The summed E-state index contributed by atoms with van der Waals surface area (Å²) in [5.41, 5.74) is 0.469. The van der Waals surface area contributed by atoms with Gasteiger partial charge in [0.2, 0.25) is 21.7 Å². The number of piperidine rings is 1. The largest absolute Gasteiger partial charge is 0.497 e. The van der Waals surface area contributed by atoms with E-state index >= 15 is 0 Å². The predicted molar refractivity (Wildman–Crippen MR) is 130 cm³/mol. The van der Waals surface area contributed by atoms with Crippen LogP contribution in [0.1, 0.15) is 31.6 Å². The fourth-order valence-electron chi connectivity index (χ4n) is 5.11. The smallest absolute Gasteiger partial charge is 0.246 e. The van der Waals surface area contributed by atoms with Crippen molar-refractivity contribution in [3.05, 3.63) is 48.6 Å². The molecule has 2 fully saturated rings. The minimum absolute atomic E-state index is 0.114. The van der Waals surface area contributed by atoms with Gasteiger partial charge in [-0.05, 0) is 55.9 Å². The highest BCUT2D eigenvalue weighted by atomic mass is 32.2. The lowest BCUT2D eigenvalue weighted by atomic mass is 9.79. The Kier molecular flexibility index (Phi) is 6.96. The van der Waals surface area contributed by atoms with Crippen LogP contribution in [0.3, 0.4) is 0 Å². The van der Waals surface area contributed by atoms with Gasteiger partial charge < -0.3 is 18.7 Å². The molecule has 0 radical (unpaired) electrons. The molecule has 4 heterocycles. The zero-order chi connectivity index (χ0) is 25.2. The fraction of sp³-hybridized carbons (Fsp3) is 0.480. The van der Waals surface area contributed by atoms with Crippen molar-refractivity contribution in [3.63, 3.8) is 0 Å². The van der Waals surface area contributed by atoms with Crippen LogP contribution in [0.25, 0.3) is 11.4 Å². The highest BCUT2D eigenvalue weighted by Gasteiger charge is 2.43. The molecule has 2 aromatic heterocycles. The zero-order valence-electron chi connectivity index (χ0n) is 20.4. The van der Waals surface area contributed by atoms with Gasteiger partial charge in [0.05, 0.1) is 19.8 Å². The highest BCUT2D eigenvalue weighted by Crippen LogP contribution is 2.41. The molecule has 2 aliphatic rings. The number of sulfonamides is 1. The van der Waals surface area contributed by atoms with Crippen LogP contribution in [-0.2, 0) is 21.2 Å². The third-order valence-electron chi connectivity index (χ3n) is 7.07. The van der Waals surface area contributed by atoms with E-state index < -0.39 is 10.0 Å². The van der Waals surface area contributed by atoms with E-state index in [4.69, 9.17) is 18.7 Å². The van der Waals surface area contributed by atoms with Crippen LogP contribution >= 0.6 is 0 Å². The van der Waals surface area contributed by atoms with Crippen LogP contribution in [0, 0.1) is 5.92 Å². The van der Waals surface area contributed by atoms with E-state index in [-0.39, 0.29) is 10.5 Å². The molecule has 0 saturated carbocycles. The van der Waals surface area contributed by atoms with E-state index in [9.17, 15) is 8.42 Å². The topological polar surface area (TPSA) is 117 Å². The number of rotatable bonds is 7. The summed E-state index contributed by atoms with van der Waals surface area (Å²) in [4.78, 5) is 8.77. The number of hydrogen-bond donors (Lipinski definition) is 0. The van der Waals surface area contributed by atoms with Crippen LogP contribution < -0.4 is 9.47 Å². The zero-order valence-corrected chi connectivity index (χ0v) is 21.2. The maximum absolute atomic E-state index is 13.4.